The minimum Gasteiger partial charge on any atom is -0.321 e. The topological polar surface area (TPSA) is 26.0 Å². The van der Waals surface area contributed by atoms with E-state index in [-0.39, 0.29) is 5.54 Å². The Kier molecular flexibility index (Phi) is 3.03. The SMILES string of the molecule is CC(N)(c1cccc(Cl)c1)C1CCCC1. The average Bonchev–Trinajstić information content (AvgIpc) is 2.71. The van der Waals surface area contributed by atoms with E-state index < -0.39 is 0 Å². The summed E-state index contributed by atoms with van der Waals surface area (Å²) in [6.45, 7) is 2.13. The van der Waals surface area contributed by atoms with Crippen LogP contribution in [-0.4, -0.2) is 0 Å². The number of hydrogen-bond donors (Lipinski definition) is 1. The standard InChI is InChI=1S/C13H18ClN/c1-13(15,10-5-2-3-6-10)11-7-4-8-12(14)9-11/h4,7-10H,2-3,5-6,15H2,1H3. The normalized spacial score (nSPS) is 21.5. The van der Waals surface area contributed by atoms with Gasteiger partial charge in [0, 0.05) is 10.6 Å². The lowest BCUT2D eigenvalue weighted by Crippen LogP contribution is -2.40. The van der Waals surface area contributed by atoms with E-state index in [4.69, 9.17) is 17.3 Å². The maximum absolute atomic E-state index is 6.45. The van der Waals surface area contributed by atoms with E-state index in [1.165, 1.54) is 31.2 Å². The summed E-state index contributed by atoms with van der Waals surface area (Å²) >= 11 is 6.00. The van der Waals surface area contributed by atoms with Crippen molar-refractivity contribution in [1.29, 1.82) is 0 Å². The molecule has 0 bridgehead atoms. The molecule has 1 nitrogen and oxygen atoms in total. The van der Waals surface area contributed by atoms with Gasteiger partial charge in [0.1, 0.15) is 0 Å². The molecule has 1 atom stereocenters. The van der Waals surface area contributed by atoms with Gasteiger partial charge in [0.15, 0.2) is 0 Å². The number of halogens is 1. The minimum atomic E-state index is -0.221. The second kappa shape index (κ2) is 4.15. The van der Waals surface area contributed by atoms with Crippen molar-refractivity contribution in [3.63, 3.8) is 0 Å². The van der Waals surface area contributed by atoms with Crippen LogP contribution in [-0.2, 0) is 5.54 Å². The van der Waals surface area contributed by atoms with Gasteiger partial charge in [-0.3, -0.25) is 0 Å². The van der Waals surface area contributed by atoms with Crippen LogP contribution in [0.3, 0.4) is 0 Å². The summed E-state index contributed by atoms with van der Waals surface area (Å²) in [5, 5.41) is 0.780. The molecule has 2 N–H and O–H groups in total. The Labute approximate surface area is 96.6 Å². The molecule has 0 heterocycles. The van der Waals surface area contributed by atoms with Gasteiger partial charge in [-0.1, -0.05) is 36.6 Å². The van der Waals surface area contributed by atoms with Crippen LogP contribution < -0.4 is 5.73 Å². The van der Waals surface area contributed by atoms with Crippen LogP contribution in [0.15, 0.2) is 24.3 Å². The lowest BCUT2D eigenvalue weighted by molar-refractivity contribution is 0.307. The zero-order chi connectivity index (χ0) is 10.9. The van der Waals surface area contributed by atoms with E-state index >= 15 is 0 Å². The highest BCUT2D eigenvalue weighted by Crippen LogP contribution is 2.38. The van der Waals surface area contributed by atoms with Crippen LogP contribution >= 0.6 is 11.6 Å². The number of nitrogens with two attached hydrogens (primary N) is 1. The third kappa shape index (κ3) is 2.19. The Morgan fingerprint density at radius 1 is 1.33 bits per heavy atom. The minimum absolute atomic E-state index is 0.221. The molecule has 1 aromatic carbocycles. The zero-order valence-corrected chi connectivity index (χ0v) is 9.93. The van der Waals surface area contributed by atoms with Gasteiger partial charge >= 0.3 is 0 Å². The lowest BCUT2D eigenvalue weighted by Gasteiger charge is -2.32. The molecular formula is C13H18ClN. The van der Waals surface area contributed by atoms with Crippen molar-refractivity contribution < 1.29 is 0 Å². The maximum Gasteiger partial charge on any atom is 0.0410 e. The molecule has 0 amide bonds. The molecule has 0 aromatic heterocycles. The quantitative estimate of drug-likeness (QED) is 0.813. The van der Waals surface area contributed by atoms with E-state index in [0.29, 0.717) is 5.92 Å². The molecule has 1 aromatic rings. The van der Waals surface area contributed by atoms with Crippen molar-refractivity contribution in [2.75, 3.05) is 0 Å². The van der Waals surface area contributed by atoms with Crippen LogP contribution in [0, 0.1) is 5.92 Å². The summed E-state index contributed by atoms with van der Waals surface area (Å²) in [6, 6.07) is 7.97. The predicted octanol–water partition coefficient (Wildman–Crippen LogP) is 3.70. The van der Waals surface area contributed by atoms with Crippen molar-refractivity contribution >= 4 is 11.6 Å². The Hall–Kier alpha value is -0.530. The maximum atomic E-state index is 6.45. The highest BCUT2D eigenvalue weighted by atomic mass is 35.5. The van der Waals surface area contributed by atoms with Crippen LogP contribution in [0.5, 0.6) is 0 Å². The molecule has 0 aliphatic heterocycles. The Balaban J connectivity index is 2.27. The lowest BCUT2D eigenvalue weighted by atomic mass is 9.79. The molecule has 0 radical (unpaired) electrons. The second-order valence-corrected chi connectivity index (χ2v) is 5.21. The molecule has 0 spiro atoms. The van der Waals surface area contributed by atoms with Gasteiger partial charge in [-0.05, 0) is 43.4 Å². The fourth-order valence-electron chi connectivity index (χ4n) is 2.58. The smallest absolute Gasteiger partial charge is 0.0410 e. The predicted molar refractivity (Wildman–Crippen MR) is 64.9 cm³/mol. The number of rotatable bonds is 2. The molecule has 15 heavy (non-hydrogen) atoms. The zero-order valence-electron chi connectivity index (χ0n) is 9.17. The van der Waals surface area contributed by atoms with E-state index in [0.717, 1.165) is 5.02 Å². The molecule has 0 saturated heterocycles. The number of hydrogen-bond acceptors (Lipinski definition) is 1. The first-order valence-electron chi connectivity index (χ1n) is 5.65. The monoisotopic (exact) mass is 223 g/mol. The van der Waals surface area contributed by atoms with Crippen molar-refractivity contribution in [1.82, 2.24) is 0 Å². The molecule has 1 aliphatic carbocycles. The molecule has 1 saturated carbocycles. The van der Waals surface area contributed by atoms with E-state index in [9.17, 15) is 0 Å². The van der Waals surface area contributed by atoms with E-state index in [2.05, 4.69) is 13.0 Å². The molecule has 1 unspecified atom stereocenters. The van der Waals surface area contributed by atoms with Gasteiger partial charge in [0.05, 0.1) is 0 Å². The van der Waals surface area contributed by atoms with Crippen molar-refractivity contribution in [3.8, 4) is 0 Å². The summed E-state index contributed by atoms with van der Waals surface area (Å²) in [6.07, 6.45) is 5.13. The van der Waals surface area contributed by atoms with Crippen molar-refractivity contribution in [2.45, 2.75) is 38.1 Å². The molecule has 2 rings (SSSR count). The van der Waals surface area contributed by atoms with Gasteiger partial charge < -0.3 is 5.73 Å². The molecule has 1 aliphatic rings. The van der Waals surface area contributed by atoms with E-state index in [1.54, 1.807) is 0 Å². The average molecular weight is 224 g/mol. The Bertz CT molecular complexity index is 340. The van der Waals surface area contributed by atoms with Crippen LogP contribution in [0.2, 0.25) is 5.02 Å². The van der Waals surface area contributed by atoms with Gasteiger partial charge in [-0.2, -0.15) is 0 Å². The summed E-state index contributed by atoms with van der Waals surface area (Å²) in [5.41, 5.74) is 7.40. The summed E-state index contributed by atoms with van der Waals surface area (Å²) in [4.78, 5) is 0. The first-order valence-corrected chi connectivity index (χ1v) is 6.03. The molecule has 2 heteroatoms. The third-order valence-corrected chi connectivity index (χ3v) is 3.88. The molecule has 1 fully saturated rings. The molecular weight excluding hydrogens is 206 g/mol. The second-order valence-electron chi connectivity index (χ2n) is 4.77. The fraction of sp³-hybridized carbons (Fsp3) is 0.538. The molecule has 82 valence electrons. The largest absolute Gasteiger partial charge is 0.321 e. The van der Waals surface area contributed by atoms with E-state index in [1.807, 2.05) is 18.2 Å². The summed E-state index contributed by atoms with van der Waals surface area (Å²) in [7, 11) is 0. The van der Waals surface area contributed by atoms with Gasteiger partial charge in [-0.25, -0.2) is 0 Å². The highest BCUT2D eigenvalue weighted by molar-refractivity contribution is 6.30. The van der Waals surface area contributed by atoms with Gasteiger partial charge in [0.25, 0.3) is 0 Å². The van der Waals surface area contributed by atoms with Crippen molar-refractivity contribution in [3.05, 3.63) is 34.9 Å². The Morgan fingerprint density at radius 2 is 2.00 bits per heavy atom. The third-order valence-electron chi connectivity index (χ3n) is 3.65. The fourth-order valence-corrected chi connectivity index (χ4v) is 2.78. The van der Waals surface area contributed by atoms with Crippen LogP contribution in [0.25, 0.3) is 0 Å². The first-order chi connectivity index (χ1) is 7.10. The first kappa shape index (κ1) is 11.0. The van der Waals surface area contributed by atoms with Gasteiger partial charge in [-0.15, -0.1) is 0 Å². The highest BCUT2D eigenvalue weighted by Gasteiger charge is 2.33. The van der Waals surface area contributed by atoms with Gasteiger partial charge in [0.2, 0.25) is 0 Å². The Morgan fingerprint density at radius 3 is 2.60 bits per heavy atom. The van der Waals surface area contributed by atoms with Crippen LogP contribution in [0.1, 0.15) is 38.2 Å². The number of benzene rings is 1. The van der Waals surface area contributed by atoms with Crippen molar-refractivity contribution in [2.24, 2.45) is 11.7 Å². The summed E-state index contributed by atoms with van der Waals surface area (Å²) < 4.78 is 0. The van der Waals surface area contributed by atoms with Crippen LogP contribution in [0.4, 0.5) is 0 Å². The summed E-state index contributed by atoms with van der Waals surface area (Å²) in [5.74, 6) is 0.607.